The number of benzene rings is 1. The van der Waals surface area contributed by atoms with Crippen molar-refractivity contribution in [3.8, 4) is 0 Å². The average Bonchev–Trinajstić information content (AvgIpc) is 3.00. The summed E-state index contributed by atoms with van der Waals surface area (Å²) in [6.45, 7) is 8.04. The number of guanidine groups is 1. The van der Waals surface area contributed by atoms with E-state index in [4.69, 9.17) is 4.74 Å². The lowest BCUT2D eigenvalue weighted by Gasteiger charge is -2.17. The van der Waals surface area contributed by atoms with Crippen molar-refractivity contribution in [2.45, 2.75) is 33.6 Å². The third-order valence-electron chi connectivity index (χ3n) is 3.49. The maximum Gasteiger partial charge on any atom is 0.338 e. The van der Waals surface area contributed by atoms with Crippen molar-refractivity contribution < 1.29 is 9.53 Å². The molecule has 0 saturated carbocycles. The number of nitrogens with one attached hydrogen (secondary N) is 2. The van der Waals surface area contributed by atoms with Crippen LogP contribution in [-0.2, 0) is 17.6 Å². The summed E-state index contributed by atoms with van der Waals surface area (Å²) in [6, 6.07) is 3.82. The second-order valence-corrected chi connectivity index (χ2v) is 4.88. The van der Waals surface area contributed by atoms with E-state index >= 15 is 0 Å². The Kier molecular flexibility index (Phi) is 5.20. The molecule has 0 aliphatic carbocycles. The molecule has 1 aromatic rings. The Morgan fingerprint density at radius 3 is 2.43 bits per heavy atom. The van der Waals surface area contributed by atoms with Crippen LogP contribution in [0.25, 0.3) is 0 Å². The summed E-state index contributed by atoms with van der Waals surface area (Å²) in [6.07, 6.45) is 1.69. The minimum atomic E-state index is -0.259. The van der Waals surface area contributed by atoms with Gasteiger partial charge in [0.1, 0.15) is 0 Å². The van der Waals surface area contributed by atoms with Gasteiger partial charge in [-0.3, -0.25) is 4.99 Å². The summed E-state index contributed by atoms with van der Waals surface area (Å²) in [5, 5.41) is 6.58. The summed E-state index contributed by atoms with van der Waals surface area (Å²) in [5.74, 6) is 0.549. The number of hydrogen-bond acceptors (Lipinski definition) is 5. The molecule has 0 atom stereocenters. The number of esters is 1. The van der Waals surface area contributed by atoms with Crippen LogP contribution in [0.4, 0.5) is 5.69 Å². The molecular weight excluding hydrogens is 266 g/mol. The maximum atomic E-state index is 12.0. The van der Waals surface area contributed by atoms with E-state index in [2.05, 4.69) is 29.5 Å². The molecule has 5 heteroatoms. The fraction of sp³-hybridized carbons (Fsp3) is 0.500. The first-order valence-corrected chi connectivity index (χ1v) is 7.57. The van der Waals surface area contributed by atoms with Crippen molar-refractivity contribution in [2.75, 3.05) is 25.0 Å². The summed E-state index contributed by atoms with van der Waals surface area (Å²) in [7, 11) is 0. The van der Waals surface area contributed by atoms with Crippen LogP contribution in [-0.4, -0.2) is 31.6 Å². The van der Waals surface area contributed by atoms with Gasteiger partial charge in [0.2, 0.25) is 0 Å². The lowest BCUT2D eigenvalue weighted by molar-refractivity contribution is 0.0526. The molecule has 0 radical (unpaired) electrons. The number of nitrogens with zero attached hydrogens (tertiary/aromatic N) is 1. The number of aliphatic imine (C=N–C) groups is 1. The first kappa shape index (κ1) is 15.4. The Hall–Kier alpha value is -2.04. The fourth-order valence-corrected chi connectivity index (χ4v) is 2.42. The van der Waals surface area contributed by atoms with Crippen LogP contribution in [0.15, 0.2) is 17.1 Å². The van der Waals surface area contributed by atoms with Crippen molar-refractivity contribution in [3.63, 3.8) is 0 Å². The Morgan fingerprint density at radius 2 is 1.95 bits per heavy atom. The SMILES string of the molecule is CCOC(=O)c1cc(CC)c(NC2=NCCN2)c(CC)c1. The predicted octanol–water partition coefficient (Wildman–Crippen LogP) is 2.36. The number of aryl methyl sites for hydroxylation is 2. The van der Waals surface area contributed by atoms with Crippen molar-refractivity contribution >= 4 is 17.6 Å². The van der Waals surface area contributed by atoms with Gasteiger partial charge in [-0.05, 0) is 43.0 Å². The Bertz CT molecular complexity index is 527. The number of hydrogen-bond donors (Lipinski definition) is 2. The molecule has 2 rings (SSSR count). The fourth-order valence-electron chi connectivity index (χ4n) is 2.42. The Morgan fingerprint density at radius 1 is 1.29 bits per heavy atom. The van der Waals surface area contributed by atoms with E-state index in [1.807, 2.05) is 19.1 Å². The van der Waals surface area contributed by atoms with Gasteiger partial charge in [0, 0.05) is 12.2 Å². The van der Waals surface area contributed by atoms with Crippen molar-refractivity contribution in [2.24, 2.45) is 4.99 Å². The lowest BCUT2D eigenvalue weighted by Crippen LogP contribution is -2.27. The van der Waals surface area contributed by atoms with Crippen molar-refractivity contribution in [1.82, 2.24) is 5.32 Å². The Labute approximate surface area is 125 Å². The monoisotopic (exact) mass is 289 g/mol. The summed E-state index contributed by atoms with van der Waals surface area (Å²) in [5.41, 5.74) is 3.89. The van der Waals surface area contributed by atoms with Gasteiger partial charge >= 0.3 is 5.97 Å². The summed E-state index contributed by atoms with van der Waals surface area (Å²) >= 11 is 0. The van der Waals surface area contributed by atoms with Crippen LogP contribution >= 0.6 is 0 Å². The van der Waals surface area contributed by atoms with E-state index in [0.29, 0.717) is 12.2 Å². The van der Waals surface area contributed by atoms with Gasteiger partial charge in [0.15, 0.2) is 5.96 Å². The number of carbonyl (C=O) groups is 1. The normalized spacial score (nSPS) is 13.6. The molecule has 2 N–H and O–H groups in total. The molecule has 0 bridgehead atoms. The van der Waals surface area contributed by atoms with Crippen molar-refractivity contribution in [3.05, 3.63) is 28.8 Å². The van der Waals surface area contributed by atoms with Gasteiger partial charge in [0.25, 0.3) is 0 Å². The third kappa shape index (κ3) is 3.54. The highest BCUT2D eigenvalue weighted by Crippen LogP contribution is 2.25. The predicted molar refractivity (Wildman–Crippen MR) is 85.1 cm³/mol. The van der Waals surface area contributed by atoms with E-state index < -0.39 is 0 Å². The molecule has 5 nitrogen and oxygen atoms in total. The summed E-state index contributed by atoms with van der Waals surface area (Å²) < 4.78 is 5.10. The lowest BCUT2D eigenvalue weighted by atomic mass is 9.99. The zero-order valence-corrected chi connectivity index (χ0v) is 13.0. The minimum absolute atomic E-state index is 0.259. The van der Waals surface area contributed by atoms with Gasteiger partial charge < -0.3 is 15.4 Å². The summed E-state index contributed by atoms with van der Waals surface area (Å²) in [4.78, 5) is 16.3. The zero-order chi connectivity index (χ0) is 15.2. The first-order chi connectivity index (χ1) is 10.2. The molecule has 0 unspecified atom stereocenters. The second kappa shape index (κ2) is 7.11. The molecule has 0 fully saturated rings. The second-order valence-electron chi connectivity index (χ2n) is 4.88. The van der Waals surface area contributed by atoms with Gasteiger partial charge in [-0.2, -0.15) is 0 Å². The minimum Gasteiger partial charge on any atom is -0.462 e. The van der Waals surface area contributed by atoms with Gasteiger partial charge in [-0.1, -0.05) is 13.8 Å². The van der Waals surface area contributed by atoms with Gasteiger partial charge in [0.05, 0.1) is 18.7 Å². The van der Waals surface area contributed by atoms with Gasteiger partial charge in [-0.25, -0.2) is 4.79 Å². The highest BCUT2D eigenvalue weighted by molar-refractivity contribution is 5.97. The molecule has 1 aromatic carbocycles. The topological polar surface area (TPSA) is 62.7 Å². The largest absolute Gasteiger partial charge is 0.462 e. The molecule has 0 spiro atoms. The number of anilines is 1. The number of carbonyl (C=O) groups excluding carboxylic acids is 1. The molecule has 1 aliphatic rings. The molecule has 0 saturated heterocycles. The van der Waals surface area contributed by atoms with E-state index in [9.17, 15) is 4.79 Å². The van der Waals surface area contributed by atoms with Crippen molar-refractivity contribution in [1.29, 1.82) is 0 Å². The third-order valence-corrected chi connectivity index (χ3v) is 3.49. The van der Waals surface area contributed by atoms with Crippen LogP contribution in [0, 0.1) is 0 Å². The van der Waals surface area contributed by atoms with Crippen LogP contribution in [0.5, 0.6) is 0 Å². The molecular formula is C16H23N3O2. The number of rotatable bonds is 5. The molecule has 114 valence electrons. The van der Waals surface area contributed by atoms with Crippen LogP contribution in [0.1, 0.15) is 42.3 Å². The first-order valence-electron chi connectivity index (χ1n) is 7.57. The molecule has 1 heterocycles. The molecule has 21 heavy (non-hydrogen) atoms. The Balaban J connectivity index is 2.36. The van der Waals surface area contributed by atoms with E-state index in [1.54, 1.807) is 0 Å². The van der Waals surface area contributed by atoms with Crippen LogP contribution < -0.4 is 10.6 Å². The van der Waals surface area contributed by atoms with Crippen LogP contribution in [0.2, 0.25) is 0 Å². The van der Waals surface area contributed by atoms with Gasteiger partial charge in [-0.15, -0.1) is 0 Å². The van der Waals surface area contributed by atoms with E-state index in [-0.39, 0.29) is 5.97 Å². The average molecular weight is 289 g/mol. The maximum absolute atomic E-state index is 12.0. The highest BCUT2D eigenvalue weighted by atomic mass is 16.5. The smallest absolute Gasteiger partial charge is 0.338 e. The molecule has 0 aromatic heterocycles. The van der Waals surface area contributed by atoms with E-state index in [0.717, 1.165) is 48.7 Å². The standard InChI is InChI=1S/C16H23N3O2/c1-4-11-9-13(15(20)21-6-3)10-12(5-2)14(11)19-16-17-7-8-18-16/h9-10H,4-8H2,1-3H3,(H2,17,18,19). The van der Waals surface area contributed by atoms with Crippen LogP contribution in [0.3, 0.4) is 0 Å². The highest BCUT2D eigenvalue weighted by Gasteiger charge is 2.16. The zero-order valence-electron chi connectivity index (χ0n) is 13.0. The molecule has 0 amide bonds. The molecule has 1 aliphatic heterocycles. The quantitative estimate of drug-likeness (QED) is 0.817. The van der Waals surface area contributed by atoms with E-state index in [1.165, 1.54) is 0 Å². The number of ether oxygens (including phenoxy) is 1.